The molecule has 0 aliphatic carbocycles. The predicted molar refractivity (Wildman–Crippen MR) is 117 cm³/mol. The maximum absolute atomic E-state index is 15.0. The number of fused-ring (bicyclic) bond motifs is 1. The smallest absolute Gasteiger partial charge is 0.277 e. The summed E-state index contributed by atoms with van der Waals surface area (Å²) in [5.74, 6) is 0.0943. The Morgan fingerprint density at radius 1 is 1.00 bits per heavy atom. The number of nitrogens with zero attached hydrogens (tertiary/aromatic N) is 2. The van der Waals surface area contributed by atoms with Gasteiger partial charge in [0.25, 0.3) is 5.91 Å². The highest BCUT2D eigenvalue weighted by Gasteiger charge is 2.44. The summed E-state index contributed by atoms with van der Waals surface area (Å²) in [6.07, 6.45) is 0. The van der Waals surface area contributed by atoms with E-state index in [4.69, 9.17) is 4.74 Å². The van der Waals surface area contributed by atoms with Crippen molar-refractivity contribution in [3.8, 4) is 17.0 Å². The van der Waals surface area contributed by atoms with E-state index in [1.54, 1.807) is 23.1 Å². The first-order valence-electron chi connectivity index (χ1n) is 10.1. The Hall–Kier alpha value is -3.93. The molecule has 3 aromatic carbocycles. The van der Waals surface area contributed by atoms with Gasteiger partial charge in [-0.1, -0.05) is 48.5 Å². The van der Waals surface area contributed by atoms with Crippen molar-refractivity contribution < 1.29 is 13.9 Å². The zero-order valence-electron chi connectivity index (χ0n) is 16.9. The van der Waals surface area contributed by atoms with E-state index in [-0.39, 0.29) is 11.7 Å². The predicted octanol–water partition coefficient (Wildman–Crippen LogP) is 5.36. The second-order valence-corrected chi connectivity index (χ2v) is 7.25. The van der Waals surface area contributed by atoms with Crippen molar-refractivity contribution in [1.82, 2.24) is 10.2 Å². The molecule has 6 heteroatoms. The molecule has 0 saturated carbocycles. The van der Waals surface area contributed by atoms with Gasteiger partial charge in [0, 0.05) is 22.4 Å². The van der Waals surface area contributed by atoms with Gasteiger partial charge in [0.05, 0.1) is 18.3 Å². The number of halogens is 1. The van der Waals surface area contributed by atoms with E-state index >= 15 is 0 Å². The minimum atomic E-state index is -0.643. The molecule has 5 rings (SSSR count). The van der Waals surface area contributed by atoms with Crippen LogP contribution in [0.3, 0.4) is 0 Å². The topological polar surface area (TPSA) is 58.2 Å². The Morgan fingerprint density at radius 2 is 1.71 bits per heavy atom. The van der Waals surface area contributed by atoms with Crippen LogP contribution in [0.25, 0.3) is 11.3 Å². The van der Waals surface area contributed by atoms with Gasteiger partial charge in [0.15, 0.2) is 0 Å². The molecule has 154 valence electrons. The van der Waals surface area contributed by atoms with E-state index in [9.17, 15) is 9.18 Å². The summed E-state index contributed by atoms with van der Waals surface area (Å²) in [4.78, 5) is 15.1. The number of rotatable bonds is 5. The largest absolute Gasteiger partial charge is 0.494 e. The van der Waals surface area contributed by atoms with Crippen LogP contribution in [-0.4, -0.2) is 22.7 Å². The van der Waals surface area contributed by atoms with E-state index in [1.807, 2.05) is 61.5 Å². The van der Waals surface area contributed by atoms with Gasteiger partial charge in [-0.15, -0.1) is 0 Å². The number of aromatic nitrogens is 2. The van der Waals surface area contributed by atoms with Crippen molar-refractivity contribution in [1.29, 1.82) is 0 Å². The van der Waals surface area contributed by atoms with Crippen LogP contribution in [0.1, 0.15) is 34.6 Å². The number of carbonyl (C=O) groups is 1. The third kappa shape index (κ3) is 3.17. The quantitative estimate of drug-likeness (QED) is 0.479. The number of carbonyl (C=O) groups excluding carboxylic acids is 1. The van der Waals surface area contributed by atoms with Crippen molar-refractivity contribution >= 4 is 11.6 Å². The number of aromatic amines is 1. The third-order valence-corrected chi connectivity index (χ3v) is 5.44. The molecule has 0 fully saturated rings. The molecule has 0 unspecified atom stereocenters. The van der Waals surface area contributed by atoms with Crippen LogP contribution >= 0.6 is 0 Å². The summed E-state index contributed by atoms with van der Waals surface area (Å²) < 4.78 is 20.5. The number of anilines is 1. The average Bonchev–Trinajstić information content (AvgIpc) is 3.35. The summed E-state index contributed by atoms with van der Waals surface area (Å²) >= 11 is 0. The molecule has 5 nitrogen and oxygen atoms in total. The highest BCUT2D eigenvalue weighted by atomic mass is 19.1. The van der Waals surface area contributed by atoms with Crippen LogP contribution in [0.5, 0.6) is 5.75 Å². The number of amides is 1. The summed E-state index contributed by atoms with van der Waals surface area (Å²) in [5.41, 5.74) is 3.64. The SMILES string of the molecule is CCOc1ccc(N2C(=O)c3[nH]nc(-c4ccccc4)c3[C@H]2c2ccccc2F)cc1. The number of hydrogen-bond acceptors (Lipinski definition) is 3. The Labute approximate surface area is 179 Å². The van der Waals surface area contributed by atoms with Gasteiger partial charge in [0.1, 0.15) is 17.3 Å². The van der Waals surface area contributed by atoms with Crippen molar-refractivity contribution in [2.45, 2.75) is 13.0 Å². The Kier molecular flexibility index (Phi) is 4.75. The molecule has 0 radical (unpaired) electrons. The fourth-order valence-electron chi connectivity index (χ4n) is 4.09. The highest BCUT2D eigenvalue weighted by molar-refractivity contribution is 6.11. The van der Waals surface area contributed by atoms with E-state index in [0.29, 0.717) is 40.6 Å². The van der Waals surface area contributed by atoms with Crippen molar-refractivity contribution in [3.63, 3.8) is 0 Å². The molecule has 1 aromatic heterocycles. The Bertz CT molecular complexity index is 1240. The number of ether oxygens (including phenoxy) is 1. The minimum Gasteiger partial charge on any atom is -0.494 e. The van der Waals surface area contributed by atoms with E-state index in [2.05, 4.69) is 10.2 Å². The molecule has 1 atom stereocenters. The van der Waals surface area contributed by atoms with Gasteiger partial charge in [0.2, 0.25) is 0 Å². The molecular formula is C25H20FN3O2. The Balaban J connectivity index is 1.69. The molecule has 2 heterocycles. The minimum absolute atomic E-state index is 0.248. The van der Waals surface area contributed by atoms with Crippen LogP contribution in [0.15, 0.2) is 78.9 Å². The molecule has 0 saturated heterocycles. The van der Waals surface area contributed by atoms with Crippen molar-refractivity contribution in [3.05, 3.63) is 102 Å². The average molecular weight is 413 g/mol. The summed E-state index contributed by atoms with van der Waals surface area (Å²) in [7, 11) is 0. The number of H-pyrrole nitrogens is 1. The number of benzene rings is 3. The van der Waals surface area contributed by atoms with E-state index in [0.717, 1.165) is 5.56 Å². The molecular weight excluding hydrogens is 393 g/mol. The van der Waals surface area contributed by atoms with Gasteiger partial charge in [-0.3, -0.25) is 14.8 Å². The van der Waals surface area contributed by atoms with Crippen LogP contribution in [0.4, 0.5) is 10.1 Å². The monoisotopic (exact) mass is 413 g/mol. The molecule has 1 aliphatic rings. The van der Waals surface area contributed by atoms with Gasteiger partial charge < -0.3 is 4.74 Å². The lowest BCUT2D eigenvalue weighted by Crippen LogP contribution is -2.29. The first-order chi connectivity index (χ1) is 15.2. The van der Waals surface area contributed by atoms with Gasteiger partial charge in [-0.25, -0.2) is 4.39 Å². The van der Waals surface area contributed by atoms with Crippen LogP contribution in [0, 0.1) is 5.82 Å². The lowest BCUT2D eigenvalue weighted by molar-refractivity contribution is 0.0988. The number of nitrogens with one attached hydrogen (secondary N) is 1. The maximum atomic E-state index is 15.0. The standard InChI is InChI=1S/C25H20FN3O2/c1-2-31-18-14-12-17(13-15-18)29-24(19-10-6-7-11-20(19)26)21-22(16-8-4-3-5-9-16)27-28-23(21)25(29)30/h3-15,24H,2H2,1H3,(H,27,28)/t24-/m1/s1. The summed E-state index contributed by atoms with van der Waals surface area (Å²) in [6, 6.07) is 22.8. The maximum Gasteiger partial charge on any atom is 0.277 e. The second-order valence-electron chi connectivity index (χ2n) is 7.25. The zero-order valence-corrected chi connectivity index (χ0v) is 16.9. The fraction of sp³-hybridized carbons (Fsp3) is 0.120. The molecule has 1 aliphatic heterocycles. The molecule has 4 aromatic rings. The molecule has 1 N–H and O–H groups in total. The molecule has 31 heavy (non-hydrogen) atoms. The second kappa shape index (κ2) is 7.72. The van der Waals surface area contributed by atoms with Crippen LogP contribution in [0.2, 0.25) is 0 Å². The van der Waals surface area contributed by atoms with Gasteiger partial charge in [-0.2, -0.15) is 5.10 Å². The van der Waals surface area contributed by atoms with E-state index in [1.165, 1.54) is 6.07 Å². The van der Waals surface area contributed by atoms with Crippen LogP contribution < -0.4 is 9.64 Å². The fourth-order valence-corrected chi connectivity index (χ4v) is 4.09. The third-order valence-electron chi connectivity index (χ3n) is 5.44. The van der Waals surface area contributed by atoms with Gasteiger partial charge >= 0.3 is 0 Å². The summed E-state index contributed by atoms with van der Waals surface area (Å²) in [6.45, 7) is 2.47. The van der Waals surface area contributed by atoms with Gasteiger partial charge in [-0.05, 0) is 37.3 Å². The molecule has 0 spiro atoms. The normalized spacial score (nSPS) is 15.2. The lowest BCUT2D eigenvalue weighted by Gasteiger charge is -2.27. The first-order valence-corrected chi connectivity index (χ1v) is 10.1. The Morgan fingerprint density at radius 3 is 2.42 bits per heavy atom. The molecule has 0 bridgehead atoms. The van der Waals surface area contributed by atoms with Crippen molar-refractivity contribution in [2.24, 2.45) is 0 Å². The van der Waals surface area contributed by atoms with E-state index < -0.39 is 6.04 Å². The van der Waals surface area contributed by atoms with Crippen LogP contribution in [-0.2, 0) is 0 Å². The molecule has 1 amide bonds. The highest BCUT2D eigenvalue weighted by Crippen LogP contribution is 2.45. The first kappa shape index (κ1) is 19.1. The number of hydrogen-bond donors (Lipinski definition) is 1. The van der Waals surface area contributed by atoms with Crippen molar-refractivity contribution in [2.75, 3.05) is 11.5 Å². The summed E-state index contributed by atoms with van der Waals surface area (Å²) in [5, 5.41) is 7.31. The zero-order chi connectivity index (χ0) is 21.4. The lowest BCUT2D eigenvalue weighted by atomic mass is 9.95.